The van der Waals surface area contributed by atoms with Crippen LogP contribution in [0.25, 0.3) is 0 Å². The maximum absolute atomic E-state index is 13.8. The molecule has 4 heterocycles. The molecule has 0 radical (unpaired) electrons. The molecule has 2 N–H and O–H groups in total. The fourth-order valence-electron chi connectivity index (χ4n) is 4.12. The van der Waals surface area contributed by atoms with Gasteiger partial charge in [-0.1, -0.05) is 29.5 Å². The Morgan fingerprint density at radius 1 is 0.947 bits per heavy atom. The van der Waals surface area contributed by atoms with Crippen molar-refractivity contribution in [3.05, 3.63) is 77.1 Å². The minimum atomic E-state index is -0.416. The van der Waals surface area contributed by atoms with E-state index in [0.717, 1.165) is 30.9 Å². The Morgan fingerprint density at radius 3 is 2.50 bits per heavy atom. The predicted molar refractivity (Wildman–Crippen MR) is 139 cm³/mol. The van der Waals surface area contributed by atoms with E-state index in [2.05, 4.69) is 45.9 Å². The third-order valence-corrected chi connectivity index (χ3v) is 7.04. The van der Waals surface area contributed by atoms with Crippen molar-refractivity contribution in [2.24, 2.45) is 0 Å². The van der Waals surface area contributed by atoms with Crippen LogP contribution in [0.5, 0.6) is 0 Å². The van der Waals surface area contributed by atoms with Gasteiger partial charge in [-0.2, -0.15) is 0 Å². The van der Waals surface area contributed by atoms with Gasteiger partial charge in [-0.05, 0) is 36.6 Å². The molecule has 13 heteroatoms. The molecular formula is C25H24FN9O2S. The number of rotatable bonds is 8. The summed E-state index contributed by atoms with van der Waals surface area (Å²) in [6.45, 7) is 1.51. The third-order valence-electron chi connectivity index (χ3n) is 6.04. The van der Waals surface area contributed by atoms with E-state index in [1.807, 2.05) is 6.07 Å². The van der Waals surface area contributed by atoms with Crippen molar-refractivity contribution in [3.63, 3.8) is 0 Å². The van der Waals surface area contributed by atoms with Gasteiger partial charge in [-0.3, -0.25) is 19.6 Å². The van der Waals surface area contributed by atoms with E-state index < -0.39 is 5.82 Å². The monoisotopic (exact) mass is 533 g/mol. The Balaban J connectivity index is 1.09. The number of carbonyl (C=O) groups excluding carboxylic acids is 2. The molecule has 11 nitrogen and oxygen atoms in total. The van der Waals surface area contributed by atoms with Crippen molar-refractivity contribution in [2.45, 2.75) is 31.6 Å². The highest BCUT2D eigenvalue weighted by Crippen LogP contribution is 2.33. The van der Waals surface area contributed by atoms with Gasteiger partial charge in [-0.25, -0.2) is 4.39 Å². The number of amides is 2. The molecule has 38 heavy (non-hydrogen) atoms. The van der Waals surface area contributed by atoms with E-state index in [4.69, 9.17) is 0 Å². The summed E-state index contributed by atoms with van der Waals surface area (Å²) in [7, 11) is 0. The number of benzene rings is 1. The summed E-state index contributed by atoms with van der Waals surface area (Å²) in [5, 5.41) is 23.6. The van der Waals surface area contributed by atoms with Gasteiger partial charge in [0.2, 0.25) is 16.9 Å². The van der Waals surface area contributed by atoms with Gasteiger partial charge in [0.25, 0.3) is 0 Å². The fourth-order valence-corrected chi connectivity index (χ4v) is 5.05. The summed E-state index contributed by atoms with van der Waals surface area (Å²) in [5.74, 6) is 0.268. The van der Waals surface area contributed by atoms with Gasteiger partial charge in [0.05, 0.1) is 18.5 Å². The number of nitrogens with one attached hydrogen (secondary N) is 2. The molecule has 0 bridgehead atoms. The van der Waals surface area contributed by atoms with Crippen LogP contribution in [0.1, 0.15) is 35.0 Å². The minimum absolute atomic E-state index is 0.0810. The first kappa shape index (κ1) is 25.3. The summed E-state index contributed by atoms with van der Waals surface area (Å²) < 4.78 is 13.8. The third kappa shape index (κ3) is 6.48. The van der Waals surface area contributed by atoms with E-state index in [9.17, 15) is 14.0 Å². The summed E-state index contributed by atoms with van der Waals surface area (Å²) in [4.78, 5) is 34.7. The molecule has 0 aliphatic carbocycles. The van der Waals surface area contributed by atoms with Crippen LogP contribution in [-0.2, 0) is 22.4 Å². The lowest BCUT2D eigenvalue weighted by molar-refractivity contribution is -0.116. The van der Waals surface area contributed by atoms with E-state index >= 15 is 0 Å². The average Bonchev–Trinajstić information content (AvgIpc) is 3.39. The van der Waals surface area contributed by atoms with Crippen molar-refractivity contribution < 1.29 is 14.0 Å². The molecule has 3 aromatic heterocycles. The SMILES string of the molecule is O=C(Cc1ccccc1F)Nc1ccc(N2CCC(c3nnc(NC(=O)Cc4cnccn4)s3)CC2)nn1. The molecule has 1 aromatic carbocycles. The van der Waals surface area contributed by atoms with E-state index in [-0.39, 0.29) is 30.6 Å². The maximum Gasteiger partial charge on any atom is 0.232 e. The van der Waals surface area contributed by atoms with Crippen LogP contribution in [0, 0.1) is 5.82 Å². The lowest BCUT2D eigenvalue weighted by atomic mass is 9.98. The molecule has 2 amide bonds. The first-order chi connectivity index (χ1) is 18.5. The van der Waals surface area contributed by atoms with Gasteiger partial charge >= 0.3 is 0 Å². The Hall–Kier alpha value is -4.39. The molecule has 5 rings (SSSR count). The zero-order valence-electron chi connectivity index (χ0n) is 20.2. The predicted octanol–water partition coefficient (Wildman–Crippen LogP) is 3.00. The van der Waals surface area contributed by atoms with Crippen LogP contribution in [0.4, 0.5) is 21.2 Å². The number of hydrogen-bond acceptors (Lipinski definition) is 10. The number of nitrogens with zero attached hydrogens (tertiary/aromatic N) is 7. The van der Waals surface area contributed by atoms with E-state index in [1.54, 1.807) is 42.9 Å². The van der Waals surface area contributed by atoms with Gasteiger partial charge in [0.15, 0.2) is 11.6 Å². The summed E-state index contributed by atoms with van der Waals surface area (Å²) in [6, 6.07) is 9.67. The molecule has 4 aromatic rings. The van der Waals surface area contributed by atoms with Crippen LogP contribution in [-0.4, -0.2) is 55.3 Å². The second-order valence-corrected chi connectivity index (χ2v) is 9.73. The molecule has 0 unspecified atom stereocenters. The van der Waals surface area contributed by atoms with Gasteiger partial charge in [0.1, 0.15) is 10.8 Å². The van der Waals surface area contributed by atoms with Crippen LogP contribution < -0.4 is 15.5 Å². The number of piperidine rings is 1. The lowest BCUT2D eigenvalue weighted by Gasteiger charge is -2.31. The number of carbonyl (C=O) groups is 2. The summed E-state index contributed by atoms with van der Waals surface area (Å²) >= 11 is 1.38. The molecule has 1 fully saturated rings. The molecule has 1 saturated heterocycles. The van der Waals surface area contributed by atoms with E-state index in [0.29, 0.717) is 28.0 Å². The van der Waals surface area contributed by atoms with Crippen molar-refractivity contribution in [1.82, 2.24) is 30.4 Å². The average molecular weight is 534 g/mol. The van der Waals surface area contributed by atoms with Gasteiger partial charge in [-0.15, -0.1) is 20.4 Å². The first-order valence-electron chi connectivity index (χ1n) is 12.0. The summed E-state index contributed by atoms with van der Waals surface area (Å²) in [6.07, 6.45) is 6.41. The van der Waals surface area contributed by atoms with Crippen LogP contribution in [0.15, 0.2) is 55.0 Å². The van der Waals surface area contributed by atoms with Crippen molar-refractivity contribution in [1.29, 1.82) is 0 Å². The van der Waals surface area contributed by atoms with Gasteiger partial charge < -0.3 is 15.5 Å². The van der Waals surface area contributed by atoms with Gasteiger partial charge in [0, 0.05) is 37.6 Å². The summed E-state index contributed by atoms with van der Waals surface area (Å²) in [5.41, 5.74) is 0.910. The first-order valence-corrected chi connectivity index (χ1v) is 12.9. The van der Waals surface area contributed by atoms with Crippen molar-refractivity contribution in [2.75, 3.05) is 28.6 Å². The Kier molecular flexibility index (Phi) is 7.83. The molecule has 0 spiro atoms. The van der Waals surface area contributed by atoms with Crippen LogP contribution >= 0.6 is 11.3 Å². The normalized spacial score (nSPS) is 13.8. The number of halogens is 1. The molecule has 1 aliphatic heterocycles. The maximum atomic E-state index is 13.8. The number of aromatic nitrogens is 6. The fraction of sp³-hybridized carbons (Fsp3) is 0.280. The Labute approximate surface area is 221 Å². The minimum Gasteiger partial charge on any atom is -0.355 e. The highest BCUT2D eigenvalue weighted by molar-refractivity contribution is 7.15. The van der Waals surface area contributed by atoms with Crippen LogP contribution in [0.3, 0.4) is 0 Å². The quantitative estimate of drug-likeness (QED) is 0.350. The van der Waals surface area contributed by atoms with Crippen molar-refractivity contribution >= 4 is 39.9 Å². The standard InChI is InChI=1S/C25H24FN9O2S/c26-19-4-2-1-3-17(19)13-22(36)29-20-5-6-21(32-31-20)35-11-7-16(8-12-35)24-33-34-25(38-24)30-23(37)14-18-15-27-9-10-28-18/h1-6,9-10,15-16H,7-8,11-14H2,(H,29,31,36)(H,30,34,37). The lowest BCUT2D eigenvalue weighted by Crippen LogP contribution is -2.33. The Morgan fingerprint density at radius 2 is 1.76 bits per heavy atom. The number of anilines is 3. The van der Waals surface area contributed by atoms with Crippen LogP contribution in [0.2, 0.25) is 0 Å². The zero-order valence-corrected chi connectivity index (χ0v) is 21.1. The largest absolute Gasteiger partial charge is 0.355 e. The molecule has 0 atom stereocenters. The second-order valence-electron chi connectivity index (χ2n) is 8.72. The molecular weight excluding hydrogens is 509 g/mol. The number of hydrogen-bond donors (Lipinski definition) is 2. The highest BCUT2D eigenvalue weighted by atomic mass is 32.1. The molecule has 1 aliphatic rings. The topological polar surface area (TPSA) is 139 Å². The zero-order chi connectivity index (χ0) is 26.3. The smallest absolute Gasteiger partial charge is 0.232 e. The molecule has 194 valence electrons. The highest BCUT2D eigenvalue weighted by Gasteiger charge is 2.25. The Bertz CT molecular complexity index is 1390. The molecule has 0 saturated carbocycles. The second kappa shape index (κ2) is 11.8. The van der Waals surface area contributed by atoms with E-state index in [1.165, 1.54) is 17.4 Å². The van der Waals surface area contributed by atoms with Crippen molar-refractivity contribution in [3.8, 4) is 0 Å².